The Morgan fingerprint density at radius 3 is 1.41 bits per heavy atom. The molecule has 0 spiro atoms. The van der Waals surface area contributed by atoms with E-state index in [1.165, 1.54) is 186 Å². The van der Waals surface area contributed by atoms with Crippen LogP contribution in [-0.2, 0) is 9.47 Å². The van der Waals surface area contributed by atoms with Gasteiger partial charge < -0.3 is 9.47 Å². The molecular weight excluding hydrogens is 452 g/mol. The normalized spacial score (nSPS) is 21.6. The Morgan fingerprint density at radius 1 is 0.405 bits per heavy atom. The van der Waals surface area contributed by atoms with E-state index in [1.54, 1.807) is 0 Å². The third-order valence-corrected chi connectivity index (χ3v) is 9.26. The van der Waals surface area contributed by atoms with Gasteiger partial charge >= 0.3 is 0 Å². The van der Waals surface area contributed by atoms with E-state index in [2.05, 4.69) is 6.92 Å². The van der Waals surface area contributed by atoms with Crippen LogP contribution in [0.3, 0.4) is 0 Å². The lowest BCUT2D eigenvalue weighted by molar-refractivity contribution is 0.0138. The van der Waals surface area contributed by atoms with Crippen LogP contribution in [-0.4, -0.2) is 25.4 Å². The van der Waals surface area contributed by atoms with E-state index >= 15 is 0 Å². The zero-order valence-electron chi connectivity index (χ0n) is 25.5. The Morgan fingerprint density at radius 2 is 0.865 bits per heavy atom. The van der Waals surface area contributed by atoms with Crippen LogP contribution in [0.1, 0.15) is 193 Å². The Labute approximate surface area is 233 Å². The first-order valence-electron chi connectivity index (χ1n) is 17.6. The molecule has 2 aliphatic rings. The zero-order chi connectivity index (χ0) is 26.1. The second-order valence-electron chi connectivity index (χ2n) is 12.8. The predicted octanol–water partition coefficient (Wildman–Crippen LogP) is 11.7. The molecule has 0 bridgehead atoms. The molecule has 0 aliphatic heterocycles. The second-order valence-corrected chi connectivity index (χ2v) is 12.8. The minimum atomic E-state index is 0.522. The fourth-order valence-electron chi connectivity index (χ4n) is 6.61. The summed E-state index contributed by atoms with van der Waals surface area (Å²) in [6, 6.07) is 0. The summed E-state index contributed by atoms with van der Waals surface area (Å²) in [6.45, 7) is 4.31. The monoisotopic (exact) mass is 521 g/mol. The SMILES string of the molecule is CCCCCCCCCCCCCCCCCCCCOC1CCCC(COC2CCCCCC2)CC1. The van der Waals surface area contributed by atoms with Crippen LogP contribution in [0.2, 0.25) is 0 Å². The van der Waals surface area contributed by atoms with Gasteiger partial charge in [0.25, 0.3) is 0 Å². The van der Waals surface area contributed by atoms with Crippen molar-refractivity contribution in [3.63, 3.8) is 0 Å². The number of unbranched alkanes of at least 4 members (excludes halogenated alkanes) is 17. The average molecular weight is 521 g/mol. The Hall–Kier alpha value is -0.0800. The molecule has 2 unspecified atom stereocenters. The van der Waals surface area contributed by atoms with E-state index in [4.69, 9.17) is 9.47 Å². The number of ether oxygens (including phenoxy) is 2. The van der Waals surface area contributed by atoms with E-state index in [0.717, 1.165) is 19.1 Å². The van der Waals surface area contributed by atoms with Gasteiger partial charge in [-0.15, -0.1) is 0 Å². The molecule has 2 rings (SSSR count). The van der Waals surface area contributed by atoms with Gasteiger partial charge in [-0.05, 0) is 50.9 Å². The van der Waals surface area contributed by atoms with Gasteiger partial charge in [-0.1, -0.05) is 148 Å². The van der Waals surface area contributed by atoms with E-state index in [1.807, 2.05) is 0 Å². The van der Waals surface area contributed by atoms with E-state index in [0.29, 0.717) is 12.2 Å². The summed E-state index contributed by atoms with van der Waals surface area (Å²) in [6.07, 6.45) is 41.7. The van der Waals surface area contributed by atoms with Crippen molar-refractivity contribution >= 4 is 0 Å². The maximum absolute atomic E-state index is 6.36. The Bertz CT molecular complexity index is 456. The molecule has 0 aromatic carbocycles. The first-order chi connectivity index (χ1) is 18.4. The van der Waals surface area contributed by atoms with Gasteiger partial charge in [-0.2, -0.15) is 0 Å². The van der Waals surface area contributed by atoms with Crippen molar-refractivity contribution in [2.75, 3.05) is 13.2 Å². The fraction of sp³-hybridized carbons (Fsp3) is 1.00. The minimum absolute atomic E-state index is 0.522. The highest BCUT2D eigenvalue weighted by molar-refractivity contribution is 4.72. The molecule has 0 aromatic rings. The van der Waals surface area contributed by atoms with Gasteiger partial charge in [0, 0.05) is 13.2 Å². The third kappa shape index (κ3) is 19.6. The molecule has 0 saturated heterocycles. The number of hydrogen-bond donors (Lipinski definition) is 0. The van der Waals surface area contributed by atoms with Crippen LogP contribution < -0.4 is 0 Å². The molecule has 2 fully saturated rings. The first kappa shape index (κ1) is 33.1. The largest absolute Gasteiger partial charge is 0.378 e. The van der Waals surface area contributed by atoms with Crippen molar-refractivity contribution in [2.45, 2.75) is 205 Å². The van der Waals surface area contributed by atoms with Crippen LogP contribution in [0.25, 0.3) is 0 Å². The maximum Gasteiger partial charge on any atom is 0.0575 e. The van der Waals surface area contributed by atoms with Crippen molar-refractivity contribution in [3.05, 3.63) is 0 Å². The maximum atomic E-state index is 6.36. The molecule has 0 amide bonds. The van der Waals surface area contributed by atoms with Crippen LogP contribution in [0.5, 0.6) is 0 Å². The molecule has 220 valence electrons. The molecule has 2 aliphatic carbocycles. The fourth-order valence-corrected chi connectivity index (χ4v) is 6.61. The Balaban J connectivity index is 1.29. The molecule has 2 heteroatoms. The molecule has 37 heavy (non-hydrogen) atoms. The lowest BCUT2D eigenvalue weighted by Crippen LogP contribution is -2.18. The molecule has 0 aromatic heterocycles. The van der Waals surface area contributed by atoms with Gasteiger partial charge in [0.05, 0.1) is 12.2 Å². The quantitative estimate of drug-likeness (QED) is 0.0984. The topological polar surface area (TPSA) is 18.5 Å². The molecule has 0 radical (unpaired) electrons. The highest BCUT2D eigenvalue weighted by Gasteiger charge is 2.21. The van der Waals surface area contributed by atoms with E-state index in [-0.39, 0.29) is 0 Å². The van der Waals surface area contributed by atoms with Gasteiger partial charge in [-0.3, -0.25) is 0 Å². The summed E-state index contributed by atoms with van der Waals surface area (Å²) in [7, 11) is 0. The summed E-state index contributed by atoms with van der Waals surface area (Å²) in [5.74, 6) is 0.780. The molecule has 2 nitrogen and oxygen atoms in total. The van der Waals surface area contributed by atoms with Gasteiger partial charge in [0.15, 0.2) is 0 Å². The van der Waals surface area contributed by atoms with E-state index < -0.39 is 0 Å². The van der Waals surface area contributed by atoms with Gasteiger partial charge in [0.1, 0.15) is 0 Å². The first-order valence-corrected chi connectivity index (χ1v) is 17.6. The average Bonchev–Trinajstić information content (AvgIpc) is 3.32. The van der Waals surface area contributed by atoms with Crippen LogP contribution in [0, 0.1) is 5.92 Å². The summed E-state index contributed by atoms with van der Waals surface area (Å²) < 4.78 is 12.7. The molecule has 0 N–H and O–H groups in total. The van der Waals surface area contributed by atoms with Gasteiger partial charge in [0.2, 0.25) is 0 Å². The molecule has 0 heterocycles. The van der Waals surface area contributed by atoms with Crippen LogP contribution in [0.15, 0.2) is 0 Å². The summed E-state index contributed by atoms with van der Waals surface area (Å²) in [5, 5.41) is 0. The minimum Gasteiger partial charge on any atom is -0.378 e. The molecule has 2 saturated carbocycles. The highest BCUT2D eigenvalue weighted by Crippen LogP contribution is 2.27. The summed E-state index contributed by atoms with van der Waals surface area (Å²) in [5.41, 5.74) is 0. The van der Waals surface area contributed by atoms with Crippen molar-refractivity contribution in [1.82, 2.24) is 0 Å². The highest BCUT2D eigenvalue weighted by atomic mass is 16.5. The standard InChI is InChI=1S/C35H68O2/c1-2-3-4-5-6-7-8-9-10-11-12-13-14-15-16-17-20-23-31-36-35-28-24-25-33(29-30-35)32-37-34-26-21-18-19-22-27-34/h33-35H,2-32H2,1H3. The number of hydrogen-bond acceptors (Lipinski definition) is 2. The van der Waals surface area contributed by atoms with Crippen LogP contribution in [0.4, 0.5) is 0 Å². The zero-order valence-corrected chi connectivity index (χ0v) is 25.5. The Kier molecular flexibility index (Phi) is 22.3. The van der Waals surface area contributed by atoms with Crippen molar-refractivity contribution in [1.29, 1.82) is 0 Å². The van der Waals surface area contributed by atoms with Crippen LogP contribution >= 0.6 is 0 Å². The summed E-state index contributed by atoms with van der Waals surface area (Å²) in [4.78, 5) is 0. The number of rotatable bonds is 23. The lowest BCUT2D eigenvalue weighted by Gasteiger charge is -2.20. The van der Waals surface area contributed by atoms with Crippen molar-refractivity contribution in [3.8, 4) is 0 Å². The summed E-state index contributed by atoms with van der Waals surface area (Å²) >= 11 is 0. The van der Waals surface area contributed by atoms with Gasteiger partial charge in [-0.25, -0.2) is 0 Å². The van der Waals surface area contributed by atoms with Crippen molar-refractivity contribution in [2.24, 2.45) is 5.92 Å². The predicted molar refractivity (Wildman–Crippen MR) is 163 cm³/mol. The smallest absolute Gasteiger partial charge is 0.0575 e. The third-order valence-electron chi connectivity index (χ3n) is 9.26. The van der Waals surface area contributed by atoms with E-state index in [9.17, 15) is 0 Å². The lowest BCUT2D eigenvalue weighted by atomic mass is 10.0. The molecule has 2 atom stereocenters. The second kappa shape index (κ2) is 24.9. The molecular formula is C35H68O2. The van der Waals surface area contributed by atoms with Crippen molar-refractivity contribution < 1.29 is 9.47 Å².